The molecule has 4 rings (SSSR count). The van der Waals surface area contributed by atoms with Crippen molar-refractivity contribution in [2.45, 2.75) is 19.9 Å². The van der Waals surface area contributed by atoms with Crippen LogP contribution in [0.2, 0.25) is 0 Å². The van der Waals surface area contributed by atoms with E-state index in [4.69, 9.17) is 9.47 Å². The minimum Gasteiger partial charge on any atom is -0.454 e. The molecule has 3 aromatic rings. The molecule has 140 valence electrons. The predicted octanol–water partition coefficient (Wildman–Crippen LogP) is 3.70. The summed E-state index contributed by atoms with van der Waals surface area (Å²) in [5.41, 5.74) is 3.78. The fraction of sp³-hybridized carbons (Fsp3) is 0.263. The first-order valence-electron chi connectivity index (χ1n) is 8.59. The number of thiophene rings is 1. The minimum atomic E-state index is -0.282. The average Bonchev–Trinajstić information content (AvgIpc) is 3.37. The zero-order valence-electron chi connectivity index (χ0n) is 15.1. The lowest BCUT2D eigenvalue weighted by Gasteiger charge is -2.19. The van der Waals surface area contributed by atoms with Gasteiger partial charge in [-0.1, -0.05) is 0 Å². The maximum Gasteiger partial charge on any atom is 0.319 e. The number of aryl methyl sites for hydroxylation is 2. The van der Waals surface area contributed by atoms with Crippen LogP contribution in [0.3, 0.4) is 0 Å². The van der Waals surface area contributed by atoms with Crippen molar-refractivity contribution in [3.8, 4) is 11.5 Å². The number of nitrogens with zero attached hydrogens (tertiary/aromatic N) is 2. The third-order valence-corrected chi connectivity index (χ3v) is 5.06. The van der Waals surface area contributed by atoms with Crippen LogP contribution in [0.1, 0.15) is 23.0 Å². The van der Waals surface area contributed by atoms with Gasteiger partial charge in [-0.05, 0) is 54.4 Å². The molecule has 8 heteroatoms. The third kappa shape index (κ3) is 3.75. The number of hydrogen-bond donors (Lipinski definition) is 2. The molecule has 27 heavy (non-hydrogen) atoms. The van der Waals surface area contributed by atoms with Gasteiger partial charge < -0.3 is 20.1 Å². The topological polar surface area (TPSA) is 77.4 Å². The van der Waals surface area contributed by atoms with E-state index in [1.807, 2.05) is 30.0 Å². The van der Waals surface area contributed by atoms with E-state index in [0.29, 0.717) is 23.7 Å². The van der Waals surface area contributed by atoms with Crippen LogP contribution in [-0.4, -0.2) is 29.1 Å². The Morgan fingerprint density at radius 3 is 2.85 bits per heavy atom. The Balaban J connectivity index is 1.44. The quantitative estimate of drug-likeness (QED) is 0.703. The Kier molecular flexibility index (Phi) is 4.72. The van der Waals surface area contributed by atoms with Gasteiger partial charge >= 0.3 is 6.03 Å². The Hall–Kier alpha value is -3.00. The summed E-state index contributed by atoms with van der Waals surface area (Å²) < 4.78 is 12.6. The molecular weight excluding hydrogens is 364 g/mol. The Bertz CT molecular complexity index is 952. The van der Waals surface area contributed by atoms with Gasteiger partial charge in [-0.3, -0.25) is 4.68 Å². The standard InChI is InChI=1S/C19H20N4O3S/c1-12-7-13(2)23(22-12)16(14-5-6-27-10-14)9-20-19(24)21-15-3-4-17-18(8-15)26-11-25-17/h3-8,10,16H,9,11H2,1-2H3,(H2,20,21,24). The van der Waals surface area contributed by atoms with Crippen LogP contribution >= 0.6 is 11.3 Å². The molecule has 1 aromatic carbocycles. The normalized spacial score (nSPS) is 13.4. The molecule has 0 bridgehead atoms. The molecule has 3 heterocycles. The lowest BCUT2D eigenvalue weighted by molar-refractivity contribution is 0.174. The van der Waals surface area contributed by atoms with Crippen molar-refractivity contribution in [3.05, 3.63) is 58.0 Å². The van der Waals surface area contributed by atoms with Crippen LogP contribution in [0.4, 0.5) is 10.5 Å². The first-order valence-corrected chi connectivity index (χ1v) is 9.54. The van der Waals surface area contributed by atoms with Gasteiger partial charge in [0.1, 0.15) is 0 Å². The number of nitrogens with one attached hydrogen (secondary N) is 2. The molecule has 0 saturated carbocycles. The summed E-state index contributed by atoms with van der Waals surface area (Å²) in [4.78, 5) is 12.4. The van der Waals surface area contributed by atoms with Crippen molar-refractivity contribution in [1.82, 2.24) is 15.1 Å². The number of rotatable bonds is 5. The number of hydrogen-bond acceptors (Lipinski definition) is 5. The number of carbonyl (C=O) groups excluding carboxylic acids is 1. The number of anilines is 1. The minimum absolute atomic E-state index is 0.0625. The monoisotopic (exact) mass is 384 g/mol. The zero-order valence-corrected chi connectivity index (χ0v) is 15.9. The number of benzene rings is 1. The second-order valence-corrected chi connectivity index (χ2v) is 7.13. The molecule has 0 saturated heterocycles. The van der Waals surface area contributed by atoms with Crippen molar-refractivity contribution in [2.75, 3.05) is 18.7 Å². The lowest BCUT2D eigenvalue weighted by atomic mass is 10.1. The van der Waals surface area contributed by atoms with Gasteiger partial charge in [0.2, 0.25) is 6.79 Å². The van der Waals surface area contributed by atoms with Crippen LogP contribution in [0.15, 0.2) is 41.1 Å². The van der Waals surface area contributed by atoms with E-state index in [-0.39, 0.29) is 18.9 Å². The highest BCUT2D eigenvalue weighted by molar-refractivity contribution is 7.08. The Labute approximate surface area is 160 Å². The summed E-state index contributed by atoms with van der Waals surface area (Å²) in [5.74, 6) is 1.31. The Morgan fingerprint density at radius 1 is 1.26 bits per heavy atom. The molecule has 2 aromatic heterocycles. The molecule has 0 radical (unpaired) electrons. The van der Waals surface area contributed by atoms with Crippen molar-refractivity contribution >= 4 is 23.1 Å². The van der Waals surface area contributed by atoms with Gasteiger partial charge in [-0.2, -0.15) is 16.4 Å². The number of urea groups is 1. The SMILES string of the molecule is Cc1cc(C)n(C(CNC(=O)Nc2ccc3c(c2)OCO3)c2ccsc2)n1. The van der Waals surface area contributed by atoms with E-state index in [9.17, 15) is 4.79 Å². The molecule has 7 nitrogen and oxygen atoms in total. The average molecular weight is 384 g/mol. The molecule has 2 amide bonds. The maximum atomic E-state index is 12.4. The maximum absolute atomic E-state index is 12.4. The molecule has 1 aliphatic rings. The van der Waals surface area contributed by atoms with Crippen molar-refractivity contribution in [3.63, 3.8) is 0 Å². The number of ether oxygens (including phenoxy) is 2. The summed E-state index contributed by atoms with van der Waals surface area (Å²) in [5, 5.41) is 14.5. The third-order valence-electron chi connectivity index (χ3n) is 4.35. The number of carbonyl (C=O) groups is 1. The zero-order chi connectivity index (χ0) is 18.8. The van der Waals surface area contributed by atoms with Crippen LogP contribution in [0.25, 0.3) is 0 Å². The van der Waals surface area contributed by atoms with Crippen molar-refractivity contribution in [2.24, 2.45) is 0 Å². The molecule has 1 unspecified atom stereocenters. The smallest absolute Gasteiger partial charge is 0.319 e. The number of aromatic nitrogens is 2. The van der Waals surface area contributed by atoms with Crippen molar-refractivity contribution in [1.29, 1.82) is 0 Å². The second-order valence-electron chi connectivity index (χ2n) is 6.35. The predicted molar refractivity (Wildman–Crippen MR) is 104 cm³/mol. The first kappa shape index (κ1) is 17.4. The summed E-state index contributed by atoms with van der Waals surface area (Å²) in [7, 11) is 0. The van der Waals surface area contributed by atoms with Gasteiger partial charge in [0.25, 0.3) is 0 Å². The summed E-state index contributed by atoms with van der Waals surface area (Å²) in [6, 6.07) is 9.06. The first-order chi connectivity index (χ1) is 13.1. The molecule has 0 aliphatic carbocycles. The van der Waals surface area contributed by atoms with E-state index in [1.54, 1.807) is 29.5 Å². The fourth-order valence-electron chi connectivity index (χ4n) is 3.11. The lowest BCUT2D eigenvalue weighted by Crippen LogP contribution is -2.35. The molecule has 1 atom stereocenters. The van der Waals surface area contributed by atoms with Crippen LogP contribution in [0.5, 0.6) is 11.5 Å². The number of amides is 2. The van der Waals surface area contributed by atoms with Gasteiger partial charge in [-0.15, -0.1) is 0 Å². The van der Waals surface area contributed by atoms with Gasteiger partial charge in [-0.25, -0.2) is 4.79 Å². The van der Waals surface area contributed by atoms with E-state index >= 15 is 0 Å². The van der Waals surface area contributed by atoms with Gasteiger partial charge in [0, 0.05) is 24.0 Å². The largest absolute Gasteiger partial charge is 0.454 e. The van der Waals surface area contributed by atoms with E-state index in [1.165, 1.54) is 0 Å². The number of fused-ring (bicyclic) bond motifs is 1. The summed E-state index contributed by atoms with van der Waals surface area (Å²) in [6.45, 7) is 4.62. The van der Waals surface area contributed by atoms with E-state index in [2.05, 4.69) is 27.2 Å². The second kappa shape index (κ2) is 7.32. The molecular formula is C19H20N4O3S. The van der Waals surface area contributed by atoms with Crippen LogP contribution < -0.4 is 20.1 Å². The highest BCUT2D eigenvalue weighted by Gasteiger charge is 2.19. The van der Waals surface area contributed by atoms with E-state index in [0.717, 1.165) is 17.0 Å². The molecule has 1 aliphatic heterocycles. The Morgan fingerprint density at radius 2 is 2.11 bits per heavy atom. The molecule has 0 fully saturated rings. The summed E-state index contributed by atoms with van der Waals surface area (Å²) >= 11 is 1.63. The highest BCUT2D eigenvalue weighted by Crippen LogP contribution is 2.34. The molecule has 0 spiro atoms. The van der Waals surface area contributed by atoms with E-state index < -0.39 is 0 Å². The molecule has 2 N–H and O–H groups in total. The van der Waals surface area contributed by atoms with Gasteiger partial charge in [0.05, 0.1) is 11.7 Å². The summed E-state index contributed by atoms with van der Waals surface area (Å²) in [6.07, 6.45) is 0. The van der Waals surface area contributed by atoms with Gasteiger partial charge in [0.15, 0.2) is 11.5 Å². The van der Waals surface area contributed by atoms with Crippen LogP contribution in [0, 0.1) is 13.8 Å². The van der Waals surface area contributed by atoms with Crippen molar-refractivity contribution < 1.29 is 14.3 Å². The fourth-order valence-corrected chi connectivity index (χ4v) is 3.82. The van der Waals surface area contributed by atoms with Crippen LogP contribution in [-0.2, 0) is 0 Å². The highest BCUT2D eigenvalue weighted by atomic mass is 32.1.